The van der Waals surface area contributed by atoms with Gasteiger partial charge >= 0.3 is 0 Å². The number of hydrogen-bond donors (Lipinski definition) is 1. The minimum atomic E-state index is -3.48. The topological polar surface area (TPSA) is 62.3 Å². The zero-order chi connectivity index (χ0) is 15.3. The van der Waals surface area contributed by atoms with Gasteiger partial charge in [-0.3, -0.25) is 4.98 Å². The van der Waals surface area contributed by atoms with E-state index in [9.17, 15) is 8.42 Å². The Labute approximate surface area is 135 Å². The van der Waals surface area contributed by atoms with Crippen LogP contribution in [0.4, 0.5) is 0 Å². The van der Waals surface area contributed by atoms with Crippen molar-refractivity contribution >= 4 is 26.0 Å². The minimum Gasteiger partial charge on any atom is -0.313 e. The summed E-state index contributed by atoms with van der Waals surface area (Å²) in [5.74, 6) is 0. The van der Waals surface area contributed by atoms with E-state index < -0.39 is 10.0 Å². The second-order valence-corrected chi connectivity index (χ2v) is 8.20. The van der Waals surface area contributed by atoms with Crippen molar-refractivity contribution in [2.75, 3.05) is 19.6 Å². The minimum absolute atomic E-state index is 0.256. The summed E-state index contributed by atoms with van der Waals surface area (Å²) in [5, 5.41) is 3.37. The molecule has 2 heterocycles. The van der Waals surface area contributed by atoms with E-state index in [0.717, 1.165) is 32.2 Å². The number of sulfonamides is 1. The van der Waals surface area contributed by atoms with Crippen molar-refractivity contribution < 1.29 is 8.42 Å². The third kappa shape index (κ3) is 4.48. The Morgan fingerprint density at radius 3 is 2.90 bits per heavy atom. The first kappa shape index (κ1) is 16.9. The lowest BCUT2D eigenvalue weighted by atomic mass is 10.2. The summed E-state index contributed by atoms with van der Waals surface area (Å²) in [4.78, 5) is 4.23. The van der Waals surface area contributed by atoms with Crippen molar-refractivity contribution in [3.63, 3.8) is 0 Å². The molecule has 0 radical (unpaired) electrons. The molecule has 0 spiro atoms. The second kappa shape index (κ2) is 7.67. The highest BCUT2D eigenvalue weighted by Crippen LogP contribution is 2.20. The molecule has 0 bridgehead atoms. The van der Waals surface area contributed by atoms with E-state index in [0.29, 0.717) is 17.6 Å². The Morgan fingerprint density at radius 1 is 1.48 bits per heavy atom. The molecule has 1 aromatic rings. The van der Waals surface area contributed by atoms with Crippen LogP contribution in [-0.4, -0.2) is 43.4 Å². The van der Waals surface area contributed by atoms with E-state index in [1.54, 1.807) is 16.6 Å². The van der Waals surface area contributed by atoms with Crippen LogP contribution in [0.2, 0.25) is 0 Å². The van der Waals surface area contributed by atoms with Gasteiger partial charge in [0.1, 0.15) is 4.90 Å². The van der Waals surface area contributed by atoms with Gasteiger partial charge in [-0.2, -0.15) is 4.31 Å². The summed E-state index contributed by atoms with van der Waals surface area (Å²) in [6, 6.07) is 1.88. The lowest BCUT2D eigenvalue weighted by molar-refractivity contribution is 0.364. The molecule has 1 fully saturated rings. The van der Waals surface area contributed by atoms with Crippen molar-refractivity contribution in [3.8, 4) is 0 Å². The third-order valence-corrected chi connectivity index (χ3v) is 5.93. The summed E-state index contributed by atoms with van der Waals surface area (Å²) in [7, 11) is -3.48. The van der Waals surface area contributed by atoms with E-state index in [2.05, 4.69) is 33.2 Å². The summed E-state index contributed by atoms with van der Waals surface area (Å²) >= 11 is 3.29. The normalized spacial score (nSPS) is 19.3. The van der Waals surface area contributed by atoms with Crippen LogP contribution >= 0.6 is 15.9 Å². The zero-order valence-electron chi connectivity index (χ0n) is 12.3. The molecule has 5 nitrogen and oxygen atoms in total. The maximum atomic E-state index is 12.8. The predicted molar refractivity (Wildman–Crippen MR) is 86.6 cm³/mol. The van der Waals surface area contributed by atoms with Crippen molar-refractivity contribution in [2.45, 2.75) is 43.5 Å². The highest BCUT2D eigenvalue weighted by Gasteiger charge is 2.28. The maximum Gasteiger partial charge on any atom is 0.244 e. The van der Waals surface area contributed by atoms with E-state index in [1.807, 2.05) is 0 Å². The largest absolute Gasteiger partial charge is 0.313 e. The van der Waals surface area contributed by atoms with E-state index in [-0.39, 0.29) is 10.9 Å². The van der Waals surface area contributed by atoms with Crippen LogP contribution in [0.15, 0.2) is 27.8 Å². The molecule has 1 unspecified atom stereocenters. The number of nitrogens with zero attached hydrogens (tertiary/aromatic N) is 2. The molecule has 1 saturated heterocycles. The molecule has 0 saturated carbocycles. The SMILES string of the molecule is CCCCN(CC1CCCN1)S(=O)(=O)c1cncc(Br)c1. The molecule has 1 aromatic heterocycles. The Morgan fingerprint density at radius 2 is 2.29 bits per heavy atom. The van der Waals surface area contributed by atoms with Crippen LogP contribution < -0.4 is 5.32 Å². The number of aromatic nitrogens is 1. The van der Waals surface area contributed by atoms with Gasteiger partial charge in [-0.1, -0.05) is 13.3 Å². The highest BCUT2D eigenvalue weighted by molar-refractivity contribution is 9.10. The quantitative estimate of drug-likeness (QED) is 0.794. The molecular weight excluding hydrogens is 354 g/mol. The van der Waals surface area contributed by atoms with Crippen LogP contribution in [0.25, 0.3) is 0 Å². The standard InChI is InChI=1S/C14H22BrN3O2S/c1-2-3-7-18(11-13-5-4-6-17-13)21(19,20)14-8-12(15)9-16-10-14/h8-10,13,17H,2-7,11H2,1H3. The van der Waals surface area contributed by atoms with Gasteiger partial charge in [0.05, 0.1) is 0 Å². The van der Waals surface area contributed by atoms with Crippen LogP contribution in [0, 0.1) is 0 Å². The summed E-state index contributed by atoms with van der Waals surface area (Å²) in [6.45, 7) is 4.14. The number of rotatable bonds is 7. The van der Waals surface area contributed by atoms with Gasteiger partial charge in [-0.15, -0.1) is 0 Å². The Bertz CT molecular complexity index is 559. The van der Waals surface area contributed by atoms with Crippen molar-refractivity contribution in [1.82, 2.24) is 14.6 Å². The Balaban J connectivity index is 2.20. The van der Waals surface area contributed by atoms with Gasteiger partial charge in [0.2, 0.25) is 10.0 Å². The molecule has 1 aliphatic heterocycles. The fraction of sp³-hybridized carbons (Fsp3) is 0.643. The molecule has 1 N–H and O–H groups in total. The lowest BCUT2D eigenvalue weighted by Crippen LogP contribution is -2.41. The summed E-state index contributed by atoms with van der Waals surface area (Å²) in [5.41, 5.74) is 0. The fourth-order valence-electron chi connectivity index (χ4n) is 2.48. The van der Waals surface area contributed by atoms with Gasteiger partial charge in [-0.25, -0.2) is 8.42 Å². The van der Waals surface area contributed by atoms with Gasteiger partial charge in [0, 0.05) is 36.0 Å². The monoisotopic (exact) mass is 375 g/mol. The first-order valence-electron chi connectivity index (χ1n) is 7.38. The molecule has 1 aliphatic rings. The van der Waals surface area contributed by atoms with E-state index >= 15 is 0 Å². The first-order chi connectivity index (χ1) is 10.0. The Hall–Kier alpha value is -0.500. The zero-order valence-corrected chi connectivity index (χ0v) is 14.7. The van der Waals surface area contributed by atoms with E-state index in [4.69, 9.17) is 0 Å². The number of unbranched alkanes of at least 4 members (excludes halogenated alkanes) is 1. The smallest absolute Gasteiger partial charge is 0.244 e. The van der Waals surface area contributed by atoms with Crippen LogP contribution in [0.3, 0.4) is 0 Å². The molecule has 0 aliphatic carbocycles. The van der Waals surface area contributed by atoms with Gasteiger partial charge < -0.3 is 5.32 Å². The molecule has 118 valence electrons. The molecule has 1 atom stereocenters. The van der Waals surface area contributed by atoms with Crippen molar-refractivity contribution in [1.29, 1.82) is 0 Å². The Kier molecular flexibility index (Phi) is 6.16. The fourth-order valence-corrected chi connectivity index (χ4v) is 4.52. The van der Waals surface area contributed by atoms with Gasteiger partial charge in [-0.05, 0) is 47.8 Å². The number of hydrogen-bond acceptors (Lipinski definition) is 4. The van der Waals surface area contributed by atoms with Crippen LogP contribution in [0.1, 0.15) is 32.6 Å². The maximum absolute atomic E-state index is 12.8. The average Bonchev–Trinajstić information content (AvgIpc) is 2.96. The molecule has 7 heteroatoms. The molecule has 0 aromatic carbocycles. The first-order valence-corrected chi connectivity index (χ1v) is 9.61. The van der Waals surface area contributed by atoms with Crippen LogP contribution in [0.5, 0.6) is 0 Å². The van der Waals surface area contributed by atoms with E-state index in [1.165, 1.54) is 6.20 Å². The van der Waals surface area contributed by atoms with Gasteiger partial charge in [0.15, 0.2) is 0 Å². The van der Waals surface area contributed by atoms with Gasteiger partial charge in [0.25, 0.3) is 0 Å². The number of halogens is 1. The average molecular weight is 376 g/mol. The van der Waals surface area contributed by atoms with Crippen molar-refractivity contribution in [2.24, 2.45) is 0 Å². The second-order valence-electron chi connectivity index (χ2n) is 5.35. The predicted octanol–water partition coefficient (Wildman–Crippen LogP) is 2.39. The summed E-state index contributed by atoms with van der Waals surface area (Å²) in [6.07, 6.45) is 7.00. The molecule has 2 rings (SSSR count). The molecule has 21 heavy (non-hydrogen) atoms. The van der Waals surface area contributed by atoms with Crippen molar-refractivity contribution in [3.05, 3.63) is 22.9 Å². The third-order valence-electron chi connectivity index (χ3n) is 3.67. The highest BCUT2D eigenvalue weighted by atomic mass is 79.9. The molecule has 0 amide bonds. The van der Waals surface area contributed by atoms with Crippen LogP contribution in [-0.2, 0) is 10.0 Å². The number of pyridine rings is 1. The lowest BCUT2D eigenvalue weighted by Gasteiger charge is -2.25. The molecular formula is C14H22BrN3O2S. The summed E-state index contributed by atoms with van der Waals surface area (Å²) < 4.78 is 27.9. The number of nitrogens with one attached hydrogen (secondary N) is 1.